The molecule has 1 aliphatic carbocycles. The number of carbonyl (C=O) groups excluding carboxylic acids is 1. The van der Waals surface area contributed by atoms with Gasteiger partial charge < -0.3 is 11.1 Å². The SMILES string of the molecule is CCN(CC)S(=O)(=O)c1cc(NC(=O)C[C@@H]2CCC[C@H]2N)ccc1C. The Morgan fingerprint density at radius 2 is 1.96 bits per heavy atom. The Morgan fingerprint density at radius 1 is 1.28 bits per heavy atom. The standard InChI is InChI=1S/C18H29N3O3S/c1-4-21(5-2)25(23,24)17-12-15(10-9-13(17)3)20-18(22)11-14-7-6-8-16(14)19/h9-10,12,14,16H,4-8,11,19H2,1-3H3,(H,20,22)/t14-,16+/m0/s1. The van der Waals surface area contributed by atoms with Crippen molar-refractivity contribution in [3.05, 3.63) is 23.8 Å². The van der Waals surface area contributed by atoms with Gasteiger partial charge in [-0.15, -0.1) is 0 Å². The number of hydrogen-bond acceptors (Lipinski definition) is 4. The van der Waals surface area contributed by atoms with Gasteiger partial charge in [0.1, 0.15) is 0 Å². The Hall–Kier alpha value is -1.44. The van der Waals surface area contributed by atoms with Crippen molar-refractivity contribution in [3.8, 4) is 0 Å². The molecule has 0 unspecified atom stereocenters. The van der Waals surface area contributed by atoms with E-state index in [0.29, 0.717) is 30.8 Å². The van der Waals surface area contributed by atoms with Crippen LogP contribution in [0.5, 0.6) is 0 Å². The summed E-state index contributed by atoms with van der Waals surface area (Å²) in [4.78, 5) is 12.5. The number of carbonyl (C=O) groups is 1. The Bertz CT molecular complexity index is 714. The number of rotatable bonds is 7. The molecule has 0 saturated heterocycles. The van der Waals surface area contributed by atoms with Crippen molar-refractivity contribution in [2.45, 2.75) is 57.4 Å². The lowest BCUT2D eigenvalue weighted by Crippen LogP contribution is -2.31. The predicted octanol–water partition coefficient (Wildman–Crippen LogP) is 2.48. The molecule has 0 bridgehead atoms. The van der Waals surface area contributed by atoms with Crippen LogP contribution in [0.1, 0.15) is 45.1 Å². The minimum atomic E-state index is -3.56. The molecule has 6 nitrogen and oxygen atoms in total. The quantitative estimate of drug-likeness (QED) is 0.774. The smallest absolute Gasteiger partial charge is 0.243 e. The van der Waals surface area contributed by atoms with Crippen molar-refractivity contribution >= 4 is 21.6 Å². The average molecular weight is 368 g/mol. The third-order valence-corrected chi connectivity index (χ3v) is 7.15. The lowest BCUT2D eigenvalue weighted by molar-refractivity contribution is -0.117. The molecule has 1 saturated carbocycles. The van der Waals surface area contributed by atoms with E-state index in [9.17, 15) is 13.2 Å². The van der Waals surface area contributed by atoms with Crippen LogP contribution < -0.4 is 11.1 Å². The summed E-state index contributed by atoms with van der Waals surface area (Å²) in [6, 6.07) is 5.11. The predicted molar refractivity (Wildman–Crippen MR) is 99.8 cm³/mol. The number of anilines is 1. The van der Waals surface area contributed by atoms with Crippen LogP contribution in [0, 0.1) is 12.8 Å². The number of sulfonamides is 1. The number of amides is 1. The van der Waals surface area contributed by atoms with Crippen molar-refractivity contribution in [1.82, 2.24) is 4.31 Å². The van der Waals surface area contributed by atoms with Gasteiger partial charge >= 0.3 is 0 Å². The highest BCUT2D eigenvalue weighted by Gasteiger charge is 2.27. The lowest BCUT2D eigenvalue weighted by atomic mass is 10.00. The maximum atomic E-state index is 12.8. The van der Waals surface area contributed by atoms with Crippen LogP contribution in [0.25, 0.3) is 0 Å². The molecule has 3 N–H and O–H groups in total. The summed E-state index contributed by atoms with van der Waals surface area (Å²) in [7, 11) is -3.56. The third-order valence-electron chi connectivity index (χ3n) is 4.96. The first-order valence-corrected chi connectivity index (χ1v) is 10.4. The molecule has 2 atom stereocenters. The van der Waals surface area contributed by atoms with Crippen LogP contribution >= 0.6 is 0 Å². The van der Waals surface area contributed by atoms with Crippen LogP contribution in [0.3, 0.4) is 0 Å². The van der Waals surface area contributed by atoms with Crippen molar-refractivity contribution < 1.29 is 13.2 Å². The molecule has 1 amide bonds. The van der Waals surface area contributed by atoms with Gasteiger partial charge in [-0.3, -0.25) is 4.79 Å². The molecule has 7 heteroatoms. The molecule has 140 valence electrons. The summed E-state index contributed by atoms with van der Waals surface area (Å²) in [6.07, 6.45) is 3.39. The van der Waals surface area contributed by atoms with Gasteiger partial charge in [0.15, 0.2) is 0 Å². The van der Waals surface area contributed by atoms with E-state index in [-0.39, 0.29) is 22.8 Å². The lowest BCUT2D eigenvalue weighted by Gasteiger charge is -2.20. The zero-order chi connectivity index (χ0) is 18.6. The van der Waals surface area contributed by atoms with Crippen molar-refractivity contribution in [2.75, 3.05) is 18.4 Å². The second kappa shape index (κ2) is 8.29. The maximum absolute atomic E-state index is 12.8. The fourth-order valence-corrected chi connectivity index (χ4v) is 5.14. The number of benzene rings is 1. The fourth-order valence-electron chi connectivity index (χ4n) is 3.43. The highest BCUT2D eigenvalue weighted by Crippen LogP contribution is 2.28. The topological polar surface area (TPSA) is 92.5 Å². The highest BCUT2D eigenvalue weighted by molar-refractivity contribution is 7.89. The van der Waals surface area contributed by atoms with E-state index >= 15 is 0 Å². The molecule has 1 aromatic carbocycles. The van der Waals surface area contributed by atoms with E-state index in [1.54, 1.807) is 25.1 Å². The zero-order valence-corrected chi connectivity index (χ0v) is 16.1. The number of hydrogen-bond donors (Lipinski definition) is 2. The Labute approximate surface area is 150 Å². The van der Waals surface area contributed by atoms with E-state index in [4.69, 9.17) is 5.73 Å². The average Bonchev–Trinajstić information content (AvgIpc) is 2.95. The van der Waals surface area contributed by atoms with Gasteiger partial charge in [0.05, 0.1) is 4.90 Å². The molecule has 2 rings (SSSR count). The van der Waals surface area contributed by atoms with Crippen molar-refractivity contribution in [1.29, 1.82) is 0 Å². The molecule has 1 fully saturated rings. The van der Waals surface area contributed by atoms with Crippen molar-refractivity contribution in [3.63, 3.8) is 0 Å². The molecule has 1 aliphatic rings. The van der Waals surface area contributed by atoms with Gasteiger partial charge in [0, 0.05) is 31.2 Å². The summed E-state index contributed by atoms with van der Waals surface area (Å²) < 4.78 is 27.0. The Morgan fingerprint density at radius 3 is 2.52 bits per heavy atom. The molecule has 0 aromatic heterocycles. The van der Waals surface area contributed by atoms with Gasteiger partial charge in [-0.25, -0.2) is 8.42 Å². The molecule has 0 radical (unpaired) electrons. The highest BCUT2D eigenvalue weighted by atomic mass is 32.2. The minimum absolute atomic E-state index is 0.0855. The first kappa shape index (κ1) is 19.9. The summed E-state index contributed by atoms with van der Waals surface area (Å²) in [6.45, 7) is 6.21. The first-order valence-electron chi connectivity index (χ1n) is 8.95. The van der Waals surface area contributed by atoms with E-state index in [2.05, 4.69) is 5.32 Å². The third kappa shape index (κ3) is 4.59. The van der Waals surface area contributed by atoms with Crippen molar-refractivity contribution in [2.24, 2.45) is 11.7 Å². The minimum Gasteiger partial charge on any atom is -0.327 e. The van der Waals surface area contributed by atoms with Gasteiger partial charge in [-0.1, -0.05) is 26.3 Å². The van der Waals surface area contributed by atoms with Crippen LogP contribution in [0.15, 0.2) is 23.1 Å². The van der Waals surface area contributed by atoms with Crippen LogP contribution in [-0.4, -0.2) is 37.8 Å². The van der Waals surface area contributed by atoms with Gasteiger partial charge in [-0.2, -0.15) is 4.31 Å². The second-order valence-electron chi connectivity index (χ2n) is 6.68. The van der Waals surface area contributed by atoms with Crippen LogP contribution in [0.4, 0.5) is 5.69 Å². The normalized spacial score (nSPS) is 20.8. The molecule has 1 aromatic rings. The Balaban J connectivity index is 2.17. The summed E-state index contributed by atoms with van der Waals surface area (Å²) in [5.74, 6) is 0.0988. The largest absolute Gasteiger partial charge is 0.327 e. The summed E-state index contributed by atoms with van der Waals surface area (Å²) in [5.41, 5.74) is 7.20. The van der Waals surface area contributed by atoms with E-state index in [1.807, 2.05) is 13.8 Å². The molecule has 25 heavy (non-hydrogen) atoms. The first-order chi connectivity index (χ1) is 11.8. The fraction of sp³-hybridized carbons (Fsp3) is 0.611. The number of nitrogens with zero attached hydrogens (tertiary/aromatic N) is 1. The molecule has 0 aliphatic heterocycles. The Kier molecular flexibility index (Phi) is 6.59. The van der Waals surface area contributed by atoms with E-state index in [0.717, 1.165) is 19.3 Å². The monoisotopic (exact) mass is 367 g/mol. The van der Waals surface area contributed by atoms with Gasteiger partial charge in [-0.05, 0) is 43.4 Å². The van der Waals surface area contributed by atoms with Gasteiger partial charge in [0.25, 0.3) is 0 Å². The molecular weight excluding hydrogens is 338 g/mol. The zero-order valence-electron chi connectivity index (χ0n) is 15.3. The molecular formula is C18H29N3O3S. The maximum Gasteiger partial charge on any atom is 0.243 e. The number of nitrogens with two attached hydrogens (primary N) is 1. The number of aryl methyl sites for hydroxylation is 1. The molecule has 0 heterocycles. The van der Waals surface area contributed by atoms with E-state index in [1.165, 1.54) is 4.31 Å². The second-order valence-corrected chi connectivity index (χ2v) is 8.58. The summed E-state index contributed by atoms with van der Waals surface area (Å²) >= 11 is 0. The van der Waals surface area contributed by atoms with Gasteiger partial charge in [0.2, 0.25) is 15.9 Å². The number of nitrogens with one attached hydrogen (secondary N) is 1. The molecule has 0 spiro atoms. The van der Waals surface area contributed by atoms with Crippen LogP contribution in [0.2, 0.25) is 0 Å². The summed E-state index contributed by atoms with van der Waals surface area (Å²) in [5, 5.41) is 2.83. The van der Waals surface area contributed by atoms with Crippen LogP contribution in [-0.2, 0) is 14.8 Å². The van der Waals surface area contributed by atoms with E-state index < -0.39 is 10.0 Å².